The minimum atomic E-state index is -0.435. The van der Waals surface area contributed by atoms with E-state index in [9.17, 15) is 4.39 Å². The van der Waals surface area contributed by atoms with Crippen LogP contribution < -0.4 is 14.8 Å². The molecule has 0 fully saturated rings. The zero-order valence-corrected chi connectivity index (χ0v) is 12.9. The van der Waals surface area contributed by atoms with Crippen molar-refractivity contribution < 1.29 is 13.9 Å². The van der Waals surface area contributed by atoms with Gasteiger partial charge in [-0.15, -0.1) is 0 Å². The average Bonchev–Trinajstić information content (AvgIpc) is 2.51. The van der Waals surface area contributed by atoms with Crippen LogP contribution in [0.25, 0.3) is 0 Å². The van der Waals surface area contributed by atoms with Crippen molar-refractivity contribution in [3.05, 3.63) is 58.4 Å². The van der Waals surface area contributed by atoms with Gasteiger partial charge < -0.3 is 14.8 Å². The van der Waals surface area contributed by atoms with Gasteiger partial charge in [-0.2, -0.15) is 0 Å². The second kappa shape index (κ2) is 6.78. The SMILES string of the molecule is CNC(c1ccc(Cl)c(F)c1)c1ccc(OC)c(OC)c1. The van der Waals surface area contributed by atoms with E-state index in [-0.39, 0.29) is 11.1 Å². The maximum Gasteiger partial charge on any atom is 0.161 e. The second-order valence-electron chi connectivity index (χ2n) is 4.51. The fourth-order valence-electron chi connectivity index (χ4n) is 2.25. The van der Waals surface area contributed by atoms with Crippen molar-refractivity contribution in [3.63, 3.8) is 0 Å². The summed E-state index contributed by atoms with van der Waals surface area (Å²) in [4.78, 5) is 0. The van der Waals surface area contributed by atoms with Crippen molar-refractivity contribution in [2.75, 3.05) is 21.3 Å². The Bertz CT molecular complexity index is 634. The molecule has 1 N–H and O–H groups in total. The Morgan fingerprint density at radius 1 is 1.00 bits per heavy atom. The summed E-state index contributed by atoms with van der Waals surface area (Å²) in [6.45, 7) is 0. The Hall–Kier alpha value is -1.78. The van der Waals surface area contributed by atoms with E-state index in [1.54, 1.807) is 26.4 Å². The lowest BCUT2D eigenvalue weighted by Crippen LogP contribution is -2.18. The van der Waals surface area contributed by atoms with Gasteiger partial charge >= 0.3 is 0 Å². The largest absolute Gasteiger partial charge is 0.493 e. The number of benzene rings is 2. The number of rotatable bonds is 5. The monoisotopic (exact) mass is 309 g/mol. The van der Waals surface area contributed by atoms with E-state index in [0.717, 1.165) is 11.1 Å². The molecule has 21 heavy (non-hydrogen) atoms. The Morgan fingerprint density at radius 3 is 2.19 bits per heavy atom. The Balaban J connectivity index is 2.43. The molecule has 0 saturated heterocycles. The van der Waals surface area contributed by atoms with E-state index < -0.39 is 5.82 Å². The minimum Gasteiger partial charge on any atom is -0.493 e. The first-order valence-corrected chi connectivity index (χ1v) is 6.82. The molecule has 0 aliphatic carbocycles. The summed E-state index contributed by atoms with van der Waals surface area (Å²) >= 11 is 5.73. The summed E-state index contributed by atoms with van der Waals surface area (Å²) in [5.74, 6) is 0.845. The first-order valence-electron chi connectivity index (χ1n) is 6.44. The van der Waals surface area contributed by atoms with E-state index in [1.807, 2.05) is 25.2 Å². The molecule has 0 aliphatic heterocycles. The van der Waals surface area contributed by atoms with Gasteiger partial charge in [0, 0.05) is 0 Å². The highest BCUT2D eigenvalue weighted by atomic mass is 35.5. The Labute approximate surface area is 128 Å². The van der Waals surface area contributed by atoms with Gasteiger partial charge in [-0.05, 0) is 42.4 Å². The first kappa shape index (κ1) is 15.6. The maximum atomic E-state index is 13.7. The third kappa shape index (κ3) is 3.28. The summed E-state index contributed by atoms with van der Waals surface area (Å²) in [5, 5.41) is 3.28. The van der Waals surface area contributed by atoms with Gasteiger partial charge in [0.25, 0.3) is 0 Å². The molecule has 2 aromatic rings. The molecule has 0 saturated carbocycles. The molecule has 3 nitrogen and oxygen atoms in total. The topological polar surface area (TPSA) is 30.5 Å². The number of methoxy groups -OCH3 is 2. The zero-order valence-electron chi connectivity index (χ0n) is 12.1. The van der Waals surface area contributed by atoms with Crippen molar-refractivity contribution in [1.82, 2.24) is 5.32 Å². The molecule has 1 unspecified atom stereocenters. The van der Waals surface area contributed by atoms with Crippen LogP contribution in [-0.4, -0.2) is 21.3 Å². The van der Waals surface area contributed by atoms with Crippen LogP contribution in [0.2, 0.25) is 5.02 Å². The minimum absolute atomic E-state index is 0.112. The normalized spacial score (nSPS) is 12.0. The van der Waals surface area contributed by atoms with Gasteiger partial charge in [0.05, 0.1) is 25.3 Å². The van der Waals surface area contributed by atoms with Crippen molar-refractivity contribution in [3.8, 4) is 11.5 Å². The van der Waals surface area contributed by atoms with Crippen molar-refractivity contribution >= 4 is 11.6 Å². The number of nitrogens with one attached hydrogen (secondary N) is 1. The molecule has 2 aromatic carbocycles. The fourth-order valence-corrected chi connectivity index (χ4v) is 2.37. The fraction of sp³-hybridized carbons (Fsp3) is 0.250. The molecular weight excluding hydrogens is 293 g/mol. The molecule has 0 amide bonds. The summed E-state index contributed by atoms with van der Waals surface area (Å²) in [6.07, 6.45) is 0. The smallest absolute Gasteiger partial charge is 0.161 e. The maximum absolute atomic E-state index is 13.7. The Morgan fingerprint density at radius 2 is 1.62 bits per heavy atom. The number of halogens is 2. The summed E-state index contributed by atoms with van der Waals surface area (Å²) in [5.41, 5.74) is 1.73. The van der Waals surface area contributed by atoms with Gasteiger partial charge in [-0.25, -0.2) is 4.39 Å². The van der Waals surface area contributed by atoms with Crippen LogP contribution >= 0.6 is 11.6 Å². The van der Waals surface area contributed by atoms with E-state index >= 15 is 0 Å². The molecule has 0 aliphatic rings. The van der Waals surface area contributed by atoms with Crippen molar-refractivity contribution in [2.45, 2.75) is 6.04 Å². The van der Waals surface area contributed by atoms with Crippen molar-refractivity contribution in [1.29, 1.82) is 0 Å². The molecule has 2 rings (SSSR count). The lowest BCUT2D eigenvalue weighted by atomic mass is 9.98. The van der Waals surface area contributed by atoms with Gasteiger partial charge in [0.2, 0.25) is 0 Å². The molecule has 0 radical (unpaired) electrons. The summed E-state index contributed by atoms with van der Waals surface area (Å²) < 4.78 is 24.2. The van der Waals surface area contributed by atoms with Crippen LogP contribution in [0.1, 0.15) is 17.2 Å². The highest BCUT2D eigenvalue weighted by Crippen LogP contribution is 2.32. The third-order valence-corrected chi connectivity index (χ3v) is 3.61. The summed E-state index contributed by atoms with van der Waals surface area (Å²) in [7, 11) is 4.98. The predicted octanol–water partition coefficient (Wildman–Crippen LogP) is 3.81. The van der Waals surface area contributed by atoms with Crippen LogP contribution in [0.3, 0.4) is 0 Å². The zero-order chi connectivity index (χ0) is 15.4. The average molecular weight is 310 g/mol. The van der Waals surface area contributed by atoms with Crippen LogP contribution in [0.15, 0.2) is 36.4 Å². The van der Waals surface area contributed by atoms with Gasteiger partial charge in [0.15, 0.2) is 11.5 Å². The third-order valence-electron chi connectivity index (χ3n) is 3.31. The quantitative estimate of drug-likeness (QED) is 0.911. The molecule has 0 heterocycles. The second-order valence-corrected chi connectivity index (χ2v) is 4.92. The van der Waals surface area contributed by atoms with Crippen LogP contribution in [0.4, 0.5) is 4.39 Å². The molecular formula is C16H17ClFNO2. The number of hydrogen-bond acceptors (Lipinski definition) is 3. The lowest BCUT2D eigenvalue weighted by Gasteiger charge is -2.19. The van der Waals surface area contributed by atoms with Gasteiger partial charge in [0.1, 0.15) is 5.82 Å². The Kier molecular flexibility index (Phi) is 5.04. The van der Waals surface area contributed by atoms with E-state index in [2.05, 4.69) is 5.32 Å². The predicted molar refractivity (Wildman–Crippen MR) is 81.9 cm³/mol. The van der Waals surface area contributed by atoms with Gasteiger partial charge in [-0.1, -0.05) is 23.7 Å². The van der Waals surface area contributed by atoms with Crippen LogP contribution in [0.5, 0.6) is 11.5 Å². The number of ether oxygens (including phenoxy) is 2. The molecule has 0 bridgehead atoms. The number of hydrogen-bond donors (Lipinski definition) is 1. The molecule has 1 atom stereocenters. The van der Waals surface area contributed by atoms with E-state index in [0.29, 0.717) is 11.5 Å². The first-order chi connectivity index (χ1) is 10.1. The highest BCUT2D eigenvalue weighted by Gasteiger charge is 2.16. The van der Waals surface area contributed by atoms with Crippen molar-refractivity contribution in [2.24, 2.45) is 0 Å². The molecule has 0 spiro atoms. The highest BCUT2D eigenvalue weighted by molar-refractivity contribution is 6.30. The van der Waals surface area contributed by atoms with E-state index in [4.69, 9.17) is 21.1 Å². The molecule has 5 heteroatoms. The van der Waals surface area contributed by atoms with E-state index in [1.165, 1.54) is 6.07 Å². The van der Waals surface area contributed by atoms with Crippen LogP contribution in [-0.2, 0) is 0 Å². The van der Waals surface area contributed by atoms with Gasteiger partial charge in [-0.3, -0.25) is 0 Å². The molecule has 0 aromatic heterocycles. The molecule has 112 valence electrons. The summed E-state index contributed by atoms with van der Waals surface area (Å²) in [6, 6.07) is 10.2. The van der Waals surface area contributed by atoms with Crippen LogP contribution in [0, 0.1) is 5.82 Å². The standard InChI is InChI=1S/C16H17ClFNO2/c1-19-16(10-4-6-12(17)13(18)8-10)11-5-7-14(20-2)15(9-11)21-3/h4-9,16,19H,1-3H3. The lowest BCUT2D eigenvalue weighted by molar-refractivity contribution is 0.354.